The van der Waals surface area contributed by atoms with Crippen LogP contribution in [0.4, 0.5) is 0 Å². The van der Waals surface area contributed by atoms with E-state index in [-0.39, 0.29) is 15.9 Å². The number of hydrogen-bond acceptors (Lipinski definition) is 4. The minimum atomic E-state index is -3.57. The molecule has 5 nitrogen and oxygen atoms in total. The molecule has 118 valence electrons. The van der Waals surface area contributed by atoms with E-state index in [2.05, 4.69) is 0 Å². The van der Waals surface area contributed by atoms with E-state index in [0.717, 1.165) is 5.56 Å². The van der Waals surface area contributed by atoms with Crippen molar-refractivity contribution in [1.82, 2.24) is 4.31 Å². The Labute approximate surface area is 132 Å². The molecule has 0 aliphatic rings. The molecule has 0 radical (unpaired) electrons. The summed E-state index contributed by atoms with van der Waals surface area (Å²) in [4.78, 5) is 0.501. The number of likely N-dealkylation sites (N-methyl/N-ethyl adjacent to an activating group) is 1. The maximum atomic E-state index is 12.7. The van der Waals surface area contributed by atoms with Crippen molar-refractivity contribution in [2.75, 3.05) is 20.3 Å². The van der Waals surface area contributed by atoms with Crippen molar-refractivity contribution >= 4 is 27.2 Å². The molecule has 0 spiro atoms. The smallest absolute Gasteiger partial charge is 0.243 e. The van der Waals surface area contributed by atoms with E-state index in [1.54, 1.807) is 39.2 Å². The molecule has 0 fully saturated rings. The van der Waals surface area contributed by atoms with Gasteiger partial charge in [-0.15, -0.1) is 0 Å². The van der Waals surface area contributed by atoms with Crippen molar-refractivity contribution < 1.29 is 13.2 Å². The van der Waals surface area contributed by atoms with Gasteiger partial charge in [-0.05, 0) is 31.5 Å². The zero-order chi connectivity index (χ0) is 16.2. The Kier molecular flexibility index (Phi) is 6.27. The molecule has 0 saturated heterocycles. The molecular formula is C14H22N2O3S2. The van der Waals surface area contributed by atoms with Crippen LogP contribution in [-0.2, 0) is 14.8 Å². The van der Waals surface area contributed by atoms with Gasteiger partial charge in [-0.1, -0.05) is 25.2 Å². The predicted octanol–water partition coefficient (Wildman–Crippen LogP) is 1.67. The minimum Gasteiger partial charge on any atom is -0.389 e. The van der Waals surface area contributed by atoms with Crippen LogP contribution in [0, 0.1) is 6.92 Å². The summed E-state index contributed by atoms with van der Waals surface area (Å²) in [5, 5.41) is 0. The summed E-state index contributed by atoms with van der Waals surface area (Å²) < 4.78 is 31.9. The van der Waals surface area contributed by atoms with Gasteiger partial charge < -0.3 is 10.5 Å². The van der Waals surface area contributed by atoms with Crippen molar-refractivity contribution in [3.63, 3.8) is 0 Å². The summed E-state index contributed by atoms with van der Waals surface area (Å²) in [5.74, 6) is 0. The third-order valence-corrected chi connectivity index (χ3v) is 5.59. The number of benzene rings is 1. The average Bonchev–Trinajstić information content (AvgIpc) is 2.38. The zero-order valence-electron chi connectivity index (χ0n) is 12.8. The van der Waals surface area contributed by atoms with Crippen LogP contribution in [-0.4, -0.2) is 44.0 Å². The number of rotatable bonds is 7. The van der Waals surface area contributed by atoms with Gasteiger partial charge in [-0.25, -0.2) is 8.42 Å². The normalized spacial score (nSPS) is 13.4. The molecule has 1 atom stereocenters. The third-order valence-electron chi connectivity index (χ3n) is 3.28. The quantitative estimate of drug-likeness (QED) is 0.770. The third kappa shape index (κ3) is 4.00. The predicted molar refractivity (Wildman–Crippen MR) is 88.0 cm³/mol. The van der Waals surface area contributed by atoms with E-state index in [4.69, 9.17) is 22.7 Å². The van der Waals surface area contributed by atoms with Crippen molar-refractivity contribution in [2.45, 2.75) is 31.7 Å². The summed E-state index contributed by atoms with van der Waals surface area (Å²) in [6.07, 6.45) is 0. The van der Waals surface area contributed by atoms with Gasteiger partial charge in [-0.2, -0.15) is 4.31 Å². The fraction of sp³-hybridized carbons (Fsp3) is 0.500. The van der Waals surface area contributed by atoms with E-state index < -0.39 is 10.0 Å². The zero-order valence-corrected chi connectivity index (χ0v) is 14.4. The van der Waals surface area contributed by atoms with Crippen molar-refractivity contribution in [3.05, 3.63) is 29.3 Å². The van der Waals surface area contributed by atoms with Crippen LogP contribution in [0.1, 0.15) is 25.0 Å². The Hall–Kier alpha value is -1.02. The van der Waals surface area contributed by atoms with E-state index in [0.29, 0.717) is 18.7 Å². The van der Waals surface area contributed by atoms with Gasteiger partial charge in [0.15, 0.2) is 0 Å². The number of sulfonamides is 1. The highest BCUT2D eigenvalue weighted by Crippen LogP contribution is 2.21. The highest BCUT2D eigenvalue weighted by molar-refractivity contribution is 7.89. The van der Waals surface area contributed by atoms with Gasteiger partial charge in [0.2, 0.25) is 10.0 Å². The Balaban J connectivity index is 3.23. The Morgan fingerprint density at radius 3 is 2.52 bits per heavy atom. The number of nitrogens with zero attached hydrogens (tertiary/aromatic N) is 1. The molecule has 0 aliphatic carbocycles. The molecule has 0 bridgehead atoms. The first-order chi connectivity index (χ1) is 9.75. The lowest BCUT2D eigenvalue weighted by Gasteiger charge is -2.27. The molecule has 0 heterocycles. The molecular weight excluding hydrogens is 308 g/mol. The molecule has 0 saturated carbocycles. The van der Waals surface area contributed by atoms with Gasteiger partial charge in [0.25, 0.3) is 0 Å². The first-order valence-electron chi connectivity index (χ1n) is 6.66. The molecule has 2 N–H and O–H groups in total. The summed E-state index contributed by atoms with van der Waals surface area (Å²) in [7, 11) is -2.01. The van der Waals surface area contributed by atoms with Crippen LogP contribution < -0.4 is 5.73 Å². The Morgan fingerprint density at radius 2 is 2.10 bits per heavy atom. The molecule has 1 rings (SSSR count). The SMILES string of the molecule is CCN(C(C)COC)S(=O)(=O)c1ccc(C(N)=S)c(C)c1. The largest absolute Gasteiger partial charge is 0.389 e. The summed E-state index contributed by atoms with van der Waals surface area (Å²) in [6.45, 7) is 6.14. The van der Waals surface area contributed by atoms with Crippen LogP contribution in [0.25, 0.3) is 0 Å². The van der Waals surface area contributed by atoms with Gasteiger partial charge >= 0.3 is 0 Å². The molecule has 1 aromatic rings. The van der Waals surface area contributed by atoms with Gasteiger partial charge in [0, 0.05) is 25.3 Å². The Bertz CT molecular complexity index is 615. The lowest BCUT2D eigenvalue weighted by Crippen LogP contribution is -2.40. The molecule has 7 heteroatoms. The van der Waals surface area contributed by atoms with Crippen LogP contribution >= 0.6 is 12.2 Å². The van der Waals surface area contributed by atoms with E-state index in [9.17, 15) is 8.42 Å². The molecule has 0 aromatic heterocycles. The first-order valence-corrected chi connectivity index (χ1v) is 8.51. The molecule has 0 aliphatic heterocycles. The minimum absolute atomic E-state index is 0.236. The second-order valence-corrected chi connectivity index (χ2v) is 7.18. The van der Waals surface area contributed by atoms with Crippen molar-refractivity contribution in [2.24, 2.45) is 5.73 Å². The molecule has 21 heavy (non-hydrogen) atoms. The van der Waals surface area contributed by atoms with Crippen molar-refractivity contribution in [3.8, 4) is 0 Å². The molecule has 0 amide bonds. The number of ether oxygens (including phenoxy) is 1. The fourth-order valence-corrected chi connectivity index (χ4v) is 4.19. The average molecular weight is 330 g/mol. The van der Waals surface area contributed by atoms with E-state index in [1.165, 1.54) is 4.31 Å². The van der Waals surface area contributed by atoms with Crippen LogP contribution in [0.5, 0.6) is 0 Å². The second kappa shape index (κ2) is 7.31. The molecule has 1 unspecified atom stereocenters. The number of methoxy groups -OCH3 is 1. The maximum absolute atomic E-state index is 12.7. The Morgan fingerprint density at radius 1 is 1.48 bits per heavy atom. The number of hydrogen-bond donors (Lipinski definition) is 1. The monoisotopic (exact) mass is 330 g/mol. The lowest BCUT2D eigenvalue weighted by molar-refractivity contribution is 0.142. The lowest BCUT2D eigenvalue weighted by atomic mass is 10.1. The standard InChI is InChI=1S/C14H22N2O3S2/c1-5-16(11(3)9-19-4)21(17,18)12-6-7-13(14(15)20)10(2)8-12/h6-8,11H,5,9H2,1-4H3,(H2,15,20). The van der Waals surface area contributed by atoms with Gasteiger partial charge in [0.1, 0.15) is 4.99 Å². The molecule has 1 aromatic carbocycles. The second-order valence-electron chi connectivity index (χ2n) is 4.85. The van der Waals surface area contributed by atoms with Gasteiger partial charge in [-0.3, -0.25) is 0 Å². The highest BCUT2D eigenvalue weighted by Gasteiger charge is 2.28. The maximum Gasteiger partial charge on any atom is 0.243 e. The fourth-order valence-electron chi connectivity index (χ4n) is 2.25. The van der Waals surface area contributed by atoms with Crippen LogP contribution in [0.3, 0.4) is 0 Å². The summed E-state index contributed by atoms with van der Waals surface area (Å²) in [6, 6.07) is 4.56. The van der Waals surface area contributed by atoms with Gasteiger partial charge in [0.05, 0.1) is 11.5 Å². The van der Waals surface area contributed by atoms with Crippen molar-refractivity contribution in [1.29, 1.82) is 0 Å². The topological polar surface area (TPSA) is 72.6 Å². The number of aryl methyl sites for hydroxylation is 1. The first kappa shape index (κ1) is 18.0. The highest BCUT2D eigenvalue weighted by atomic mass is 32.2. The van der Waals surface area contributed by atoms with E-state index >= 15 is 0 Å². The number of thiocarbonyl (C=S) groups is 1. The van der Waals surface area contributed by atoms with Crippen LogP contribution in [0.15, 0.2) is 23.1 Å². The van der Waals surface area contributed by atoms with Crippen LogP contribution in [0.2, 0.25) is 0 Å². The summed E-state index contributed by atoms with van der Waals surface area (Å²) >= 11 is 4.94. The number of nitrogens with two attached hydrogens (primary N) is 1. The summed E-state index contributed by atoms with van der Waals surface area (Å²) in [5.41, 5.74) is 7.04. The van der Waals surface area contributed by atoms with E-state index in [1.807, 2.05) is 6.92 Å².